The van der Waals surface area contributed by atoms with Crippen molar-refractivity contribution in [3.05, 3.63) is 42.2 Å². The molecular weight excluding hydrogens is 342 g/mol. The molecule has 2 aliphatic heterocycles. The van der Waals surface area contributed by atoms with Gasteiger partial charge in [-0.1, -0.05) is 0 Å². The Morgan fingerprint density at radius 1 is 1.22 bits per heavy atom. The maximum Gasteiger partial charge on any atom is 0.274 e. The van der Waals surface area contributed by atoms with Crippen molar-refractivity contribution in [3.8, 4) is 0 Å². The molecule has 0 saturated carbocycles. The number of amides is 1. The van der Waals surface area contributed by atoms with Gasteiger partial charge in [0, 0.05) is 26.2 Å². The Kier molecular flexibility index (Phi) is 5.67. The molecule has 1 atom stereocenters. The molecular formula is C20H27N5O2. The van der Waals surface area contributed by atoms with Crippen molar-refractivity contribution in [1.82, 2.24) is 19.8 Å². The van der Waals surface area contributed by atoms with Crippen LogP contribution >= 0.6 is 0 Å². The highest BCUT2D eigenvalue weighted by atomic mass is 16.3. The summed E-state index contributed by atoms with van der Waals surface area (Å²) in [6.07, 6.45) is 9.53. The smallest absolute Gasteiger partial charge is 0.274 e. The Hall–Kier alpha value is -2.41. The summed E-state index contributed by atoms with van der Waals surface area (Å²) in [6, 6.07) is 3.97. The first kappa shape index (κ1) is 18.0. The van der Waals surface area contributed by atoms with Gasteiger partial charge < -0.3 is 14.6 Å². The van der Waals surface area contributed by atoms with Crippen molar-refractivity contribution in [2.75, 3.05) is 38.0 Å². The summed E-state index contributed by atoms with van der Waals surface area (Å²) in [5.41, 5.74) is 0.435. The third-order valence-electron chi connectivity index (χ3n) is 5.38. The van der Waals surface area contributed by atoms with Crippen LogP contribution in [0.2, 0.25) is 0 Å². The third kappa shape index (κ3) is 4.66. The third-order valence-corrected chi connectivity index (χ3v) is 5.38. The second-order valence-electron chi connectivity index (χ2n) is 7.49. The normalized spacial score (nSPS) is 20.7. The lowest BCUT2D eigenvalue weighted by atomic mass is 9.98. The highest BCUT2D eigenvalue weighted by Gasteiger charge is 2.22. The summed E-state index contributed by atoms with van der Waals surface area (Å²) in [6.45, 7) is 5.50. The Labute approximate surface area is 159 Å². The number of piperidine rings is 1. The Bertz CT molecular complexity index is 743. The lowest BCUT2D eigenvalue weighted by Crippen LogP contribution is -2.37. The van der Waals surface area contributed by atoms with Gasteiger partial charge in [0.05, 0.1) is 25.2 Å². The van der Waals surface area contributed by atoms with Crippen molar-refractivity contribution in [2.24, 2.45) is 5.92 Å². The monoisotopic (exact) mass is 369 g/mol. The van der Waals surface area contributed by atoms with Gasteiger partial charge in [-0.3, -0.25) is 14.7 Å². The average Bonchev–Trinajstić information content (AvgIpc) is 3.41. The molecule has 0 spiro atoms. The molecule has 2 aromatic heterocycles. The van der Waals surface area contributed by atoms with E-state index >= 15 is 0 Å². The lowest BCUT2D eigenvalue weighted by Gasteiger charge is -2.32. The fraction of sp³-hybridized carbons (Fsp3) is 0.550. The number of carbonyl (C=O) groups excluding carboxylic acids is 1. The van der Waals surface area contributed by atoms with E-state index in [2.05, 4.69) is 20.2 Å². The first-order valence-corrected chi connectivity index (χ1v) is 9.88. The van der Waals surface area contributed by atoms with Crippen molar-refractivity contribution >= 4 is 11.7 Å². The van der Waals surface area contributed by atoms with E-state index in [1.807, 2.05) is 17.0 Å². The number of furan rings is 1. The molecule has 2 aliphatic rings. The standard InChI is InChI=1S/C20H27N5O2/c26-20(25-8-1-2-9-25)18-12-21-13-19(23-18)22-11-16-5-3-7-24(14-16)15-17-6-4-10-27-17/h4,6,10,12-13,16H,1-3,5,7-9,11,14-15H2,(H,22,23). The average molecular weight is 369 g/mol. The van der Waals surface area contributed by atoms with Crippen molar-refractivity contribution in [3.63, 3.8) is 0 Å². The maximum absolute atomic E-state index is 12.5. The summed E-state index contributed by atoms with van der Waals surface area (Å²) in [4.78, 5) is 25.5. The zero-order valence-electron chi connectivity index (χ0n) is 15.6. The van der Waals surface area contributed by atoms with E-state index in [0.29, 0.717) is 17.4 Å². The Morgan fingerprint density at radius 2 is 2.11 bits per heavy atom. The number of likely N-dealkylation sites (tertiary alicyclic amines) is 2. The first-order chi connectivity index (χ1) is 13.3. The highest BCUT2D eigenvalue weighted by Crippen LogP contribution is 2.19. The topological polar surface area (TPSA) is 74.5 Å². The van der Waals surface area contributed by atoms with E-state index in [1.165, 1.54) is 12.8 Å². The number of carbonyl (C=O) groups is 1. The summed E-state index contributed by atoms with van der Waals surface area (Å²) in [5, 5.41) is 3.39. The van der Waals surface area contributed by atoms with Crippen molar-refractivity contribution in [1.29, 1.82) is 0 Å². The minimum Gasteiger partial charge on any atom is -0.468 e. The Morgan fingerprint density at radius 3 is 2.93 bits per heavy atom. The molecule has 4 rings (SSSR count). The predicted molar refractivity (Wildman–Crippen MR) is 102 cm³/mol. The maximum atomic E-state index is 12.5. The molecule has 144 valence electrons. The van der Waals surface area contributed by atoms with Crippen molar-refractivity contribution in [2.45, 2.75) is 32.2 Å². The second-order valence-corrected chi connectivity index (χ2v) is 7.49. The van der Waals surface area contributed by atoms with E-state index in [-0.39, 0.29) is 5.91 Å². The summed E-state index contributed by atoms with van der Waals surface area (Å²) in [5.74, 6) is 2.24. The summed E-state index contributed by atoms with van der Waals surface area (Å²) >= 11 is 0. The van der Waals surface area contributed by atoms with Gasteiger partial charge in [0.25, 0.3) is 5.91 Å². The molecule has 1 amide bonds. The molecule has 0 radical (unpaired) electrons. The number of aromatic nitrogens is 2. The zero-order valence-corrected chi connectivity index (χ0v) is 15.6. The molecule has 4 heterocycles. The summed E-state index contributed by atoms with van der Waals surface area (Å²) in [7, 11) is 0. The molecule has 1 N–H and O–H groups in total. The number of rotatable bonds is 6. The molecule has 7 nitrogen and oxygen atoms in total. The molecule has 0 aromatic carbocycles. The molecule has 0 bridgehead atoms. The number of anilines is 1. The van der Waals surface area contributed by atoms with Crippen LogP contribution in [0.25, 0.3) is 0 Å². The van der Waals surface area contributed by atoms with Crippen LogP contribution in [0.4, 0.5) is 5.82 Å². The number of hydrogen-bond donors (Lipinski definition) is 1. The van der Waals surface area contributed by atoms with Gasteiger partial charge in [0.2, 0.25) is 0 Å². The van der Waals surface area contributed by atoms with E-state index in [0.717, 1.165) is 57.9 Å². The van der Waals surface area contributed by atoms with Gasteiger partial charge in [-0.2, -0.15) is 0 Å². The van der Waals surface area contributed by atoms with Crippen LogP contribution in [-0.4, -0.2) is 58.4 Å². The van der Waals surface area contributed by atoms with Gasteiger partial charge in [0.15, 0.2) is 0 Å². The van der Waals surface area contributed by atoms with E-state index in [9.17, 15) is 4.79 Å². The van der Waals surface area contributed by atoms with E-state index in [4.69, 9.17) is 4.42 Å². The van der Waals surface area contributed by atoms with Gasteiger partial charge in [-0.15, -0.1) is 0 Å². The molecule has 2 saturated heterocycles. The van der Waals surface area contributed by atoms with Gasteiger partial charge in [-0.25, -0.2) is 4.98 Å². The van der Waals surface area contributed by atoms with Crippen LogP contribution < -0.4 is 5.32 Å². The quantitative estimate of drug-likeness (QED) is 0.844. The number of nitrogens with zero attached hydrogens (tertiary/aromatic N) is 4. The molecule has 2 fully saturated rings. The van der Waals surface area contributed by atoms with Crippen LogP contribution in [0.15, 0.2) is 35.2 Å². The number of hydrogen-bond acceptors (Lipinski definition) is 6. The van der Waals surface area contributed by atoms with Crippen LogP contribution in [0.5, 0.6) is 0 Å². The second kappa shape index (κ2) is 8.52. The minimum atomic E-state index is -0.00839. The largest absolute Gasteiger partial charge is 0.468 e. The van der Waals surface area contributed by atoms with Crippen molar-refractivity contribution < 1.29 is 9.21 Å². The van der Waals surface area contributed by atoms with Gasteiger partial charge in [0.1, 0.15) is 17.3 Å². The van der Waals surface area contributed by atoms with Crippen LogP contribution in [0.1, 0.15) is 41.9 Å². The Balaban J connectivity index is 1.30. The van der Waals surface area contributed by atoms with E-state index in [1.54, 1.807) is 18.7 Å². The van der Waals surface area contributed by atoms with Crippen LogP contribution in [0.3, 0.4) is 0 Å². The molecule has 7 heteroatoms. The minimum absolute atomic E-state index is 0.00839. The lowest BCUT2D eigenvalue weighted by molar-refractivity contribution is 0.0786. The molecule has 27 heavy (non-hydrogen) atoms. The molecule has 2 aromatic rings. The van der Waals surface area contributed by atoms with E-state index < -0.39 is 0 Å². The van der Waals surface area contributed by atoms with Gasteiger partial charge in [-0.05, 0) is 50.3 Å². The highest BCUT2D eigenvalue weighted by molar-refractivity contribution is 5.92. The first-order valence-electron chi connectivity index (χ1n) is 9.88. The van der Waals surface area contributed by atoms with Crippen LogP contribution in [-0.2, 0) is 6.54 Å². The fourth-order valence-corrected chi connectivity index (χ4v) is 3.97. The SMILES string of the molecule is O=C(c1cncc(NCC2CCCN(Cc3ccco3)C2)n1)N1CCCC1. The zero-order chi connectivity index (χ0) is 18.5. The van der Waals surface area contributed by atoms with Crippen LogP contribution in [0, 0.1) is 5.92 Å². The fourth-order valence-electron chi connectivity index (χ4n) is 3.97. The molecule has 0 aliphatic carbocycles. The summed E-state index contributed by atoms with van der Waals surface area (Å²) < 4.78 is 5.47. The number of nitrogens with one attached hydrogen (secondary N) is 1. The molecule has 1 unspecified atom stereocenters. The van der Waals surface area contributed by atoms with Gasteiger partial charge >= 0.3 is 0 Å². The predicted octanol–water partition coefficient (Wildman–Crippen LogP) is 2.63.